The molecule has 0 radical (unpaired) electrons. The number of ether oxygens (including phenoxy) is 1. The van der Waals surface area contributed by atoms with Crippen molar-refractivity contribution in [1.82, 2.24) is 0 Å². The van der Waals surface area contributed by atoms with Gasteiger partial charge in [0.1, 0.15) is 11.6 Å². The molecule has 0 aromatic heterocycles. The summed E-state index contributed by atoms with van der Waals surface area (Å²) in [6, 6.07) is 4.73. The van der Waals surface area contributed by atoms with Crippen LogP contribution in [0.4, 0.5) is 4.39 Å². The first-order valence-corrected chi connectivity index (χ1v) is 4.69. The van der Waals surface area contributed by atoms with E-state index in [9.17, 15) is 4.39 Å². The Morgan fingerprint density at radius 1 is 1.31 bits per heavy atom. The maximum absolute atomic E-state index is 12.8. The van der Waals surface area contributed by atoms with E-state index in [1.54, 1.807) is 6.07 Å². The van der Waals surface area contributed by atoms with Crippen LogP contribution >= 0.6 is 0 Å². The first-order chi connectivity index (χ1) is 6.27. The fourth-order valence-electron chi connectivity index (χ4n) is 1.29. The first-order valence-electron chi connectivity index (χ1n) is 4.69. The van der Waals surface area contributed by atoms with Crippen molar-refractivity contribution in [3.05, 3.63) is 29.6 Å². The third-order valence-electron chi connectivity index (χ3n) is 1.85. The van der Waals surface area contributed by atoms with Gasteiger partial charge in [-0.3, -0.25) is 0 Å². The van der Waals surface area contributed by atoms with Gasteiger partial charge >= 0.3 is 0 Å². The van der Waals surface area contributed by atoms with Crippen molar-refractivity contribution >= 4 is 0 Å². The monoisotopic (exact) mass is 182 g/mol. The number of aryl methyl sites for hydroxylation is 1. The van der Waals surface area contributed by atoms with E-state index in [-0.39, 0.29) is 5.82 Å². The Kier molecular flexibility index (Phi) is 3.74. The molecule has 0 aliphatic heterocycles. The predicted octanol–water partition coefficient (Wildman–Crippen LogP) is 3.18. The lowest BCUT2D eigenvalue weighted by atomic mass is 10.1. The second kappa shape index (κ2) is 4.85. The van der Waals surface area contributed by atoms with Gasteiger partial charge < -0.3 is 4.74 Å². The van der Waals surface area contributed by atoms with Gasteiger partial charge in [0.05, 0.1) is 6.61 Å². The molecule has 0 saturated heterocycles. The highest BCUT2D eigenvalue weighted by atomic mass is 19.1. The van der Waals surface area contributed by atoms with Gasteiger partial charge in [0, 0.05) is 6.07 Å². The summed E-state index contributed by atoms with van der Waals surface area (Å²) in [5.41, 5.74) is 1.09. The van der Waals surface area contributed by atoms with E-state index in [0.29, 0.717) is 12.4 Å². The van der Waals surface area contributed by atoms with E-state index in [1.807, 2.05) is 6.92 Å². The van der Waals surface area contributed by atoms with E-state index in [2.05, 4.69) is 6.92 Å². The minimum atomic E-state index is -0.233. The van der Waals surface area contributed by atoms with E-state index in [4.69, 9.17) is 4.74 Å². The molecule has 2 heteroatoms. The summed E-state index contributed by atoms with van der Waals surface area (Å²) in [4.78, 5) is 0. The third-order valence-corrected chi connectivity index (χ3v) is 1.85. The highest BCUT2D eigenvalue weighted by Gasteiger charge is 2.03. The molecule has 0 unspecified atom stereocenters. The first kappa shape index (κ1) is 10.0. The van der Waals surface area contributed by atoms with E-state index < -0.39 is 0 Å². The average Bonchev–Trinajstić information content (AvgIpc) is 2.10. The quantitative estimate of drug-likeness (QED) is 0.695. The minimum absolute atomic E-state index is 0.233. The lowest BCUT2D eigenvalue weighted by Crippen LogP contribution is -1.97. The summed E-state index contributed by atoms with van der Waals surface area (Å²) in [5.74, 6) is 0.452. The van der Waals surface area contributed by atoms with Gasteiger partial charge in [0.15, 0.2) is 0 Å². The SMILES string of the molecule is CCCc1ccc(F)cc1OCC. The van der Waals surface area contributed by atoms with Crippen LogP contribution in [0.15, 0.2) is 18.2 Å². The largest absolute Gasteiger partial charge is 0.493 e. The van der Waals surface area contributed by atoms with Crippen LogP contribution in [-0.2, 0) is 6.42 Å². The third kappa shape index (κ3) is 2.72. The van der Waals surface area contributed by atoms with Gasteiger partial charge in [-0.25, -0.2) is 4.39 Å². The van der Waals surface area contributed by atoms with Crippen molar-refractivity contribution in [2.45, 2.75) is 26.7 Å². The molecule has 0 aliphatic carbocycles. The van der Waals surface area contributed by atoms with Crippen LogP contribution in [0.2, 0.25) is 0 Å². The maximum Gasteiger partial charge on any atom is 0.126 e. The molecule has 13 heavy (non-hydrogen) atoms. The van der Waals surface area contributed by atoms with Crippen molar-refractivity contribution in [1.29, 1.82) is 0 Å². The summed E-state index contributed by atoms with van der Waals surface area (Å²) in [6.45, 7) is 4.58. The average molecular weight is 182 g/mol. The zero-order chi connectivity index (χ0) is 9.68. The Balaban J connectivity index is 2.89. The molecule has 0 fully saturated rings. The number of hydrogen-bond acceptors (Lipinski definition) is 1. The molecule has 1 nitrogen and oxygen atoms in total. The van der Waals surface area contributed by atoms with Crippen molar-refractivity contribution in [3.8, 4) is 5.75 Å². The van der Waals surface area contributed by atoms with Crippen LogP contribution in [0.5, 0.6) is 5.75 Å². The lowest BCUT2D eigenvalue weighted by Gasteiger charge is -2.08. The highest BCUT2D eigenvalue weighted by Crippen LogP contribution is 2.21. The second-order valence-corrected chi connectivity index (χ2v) is 2.94. The molecule has 72 valence electrons. The number of rotatable bonds is 4. The molecule has 1 rings (SSSR count). The van der Waals surface area contributed by atoms with Crippen LogP contribution in [0.3, 0.4) is 0 Å². The van der Waals surface area contributed by atoms with Crippen LogP contribution in [0, 0.1) is 5.82 Å². The van der Waals surface area contributed by atoms with Crippen molar-refractivity contribution in [2.24, 2.45) is 0 Å². The molecule has 1 aromatic rings. The molecule has 0 bridgehead atoms. The van der Waals surface area contributed by atoms with Gasteiger partial charge in [-0.2, -0.15) is 0 Å². The molecule has 0 atom stereocenters. The zero-order valence-corrected chi connectivity index (χ0v) is 8.14. The molecule has 1 aromatic carbocycles. The van der Waals surface area contributed by atoms with Crippen LogP contribution in [0.1, 0.15) is 25.8 Å². The van der Waals surface area contributed by atoms with E-state index in [0.717, 1.165) is 18.4 Å². The van der Waals surface area contributed by atoms with Crippen LogP contribution < -0.4 is 4.74 Å². The molecule has 0 spiro atoms. The number of halogens is 1. The summed E-state index contributed by atoms with van der Waals surface area (Å²) < 4.78 is 18.2. The Morgan fingerprint density at radius 2 is 2.08 bits per heavy atom. The normalized spacial score (nSPS) is 10.1. The Hall–Kier alpha value is -1.05. The molecular weight excluding hydrogens is 167 g/mol. The highest BCUT2D eigenvalue weighted by molar-refractivity contribution is 5.34. The molecule has 0 N–H and O–H groups in total. The van der Waals surface area contributed by atoms with Crippen LogP contribution in [0.25, 0.3) is 0 Å². The summed E-state index contributed by atoms with van der Waals surface area (Å²) >= 11 is 0. The van der Waals surface area contributed by atoms with Gasteiger partial charge in [-0.05, 0) is 25.0 Å². The fourth-order valence-corrected chi connectivity index (χ4v) is 1.29. The van der Waals surface area contributed by atoms with Gasteiger partial charge in [0.2, 0.25) is 0 Å². The Labute approximate surface area is 78.5 Å². The van der Waals surface area contributed by atoms with Gasteiger partial charge in [-0.15, -0.1) is 0 Å². The standard InChI is InChI=1S/C11H15FO/c1-3-5-9-6-7-10(12)8-11(9)13-4-2/h6-8H,3-5H2,1-2H3. The maximum atomic E-state index is 12.8. The molecule has 0 heterocycles. The predicted molar refractivity (Wildman–Crippen MR) is 51.6 cm³/mol. The number of hydrogen-bond donors (Lipinski definition) is 0. The lowest BCUT2D eigenvalue weighted by molar-refractivity contribution is 0.334. The van der Waals surface area contributed by atoms with E-state index >= 15 is 0 Å². The molecule has 0 saturated carbocycles. The number of benzene rings is 1. The van der Waals surface area contributed by atoms with Crippen molar-refractivity contribution in [2.75, 3.05) is 6.61 Å². The minimum Gasteiger partial charge on any atom is -0.493 e. The zero-order valence-electron chi connectivity index (χ0n) is 8.14. The Bertz CT molecular complexity index is 271. The summed E-state index contributed by atoms with van der Waals surface area (Å²) in [6.07, 6.45) is 1.99. The van der Waals surface area contributed by atoms with Crippen molar-refractivity contribution in [3.63, 3.8) is 0 Å². The van der Waals surface area contributed by atoms with Crippen molar-refractivity contribution < 1.29 is 9.13 Å². The van der Waals surface area contributed by atoms with E-state index in [1.165, 1.54) is 12.1 Å². The topological polar surface area (TPSA) is 9.23 Å². The Morgan fingerprint density at radius 3 is 2.69 bits per heavy atom. The van der Waals surface area contributed by atoms with Gasteiger partial charge in [0.25, 0.3) is 0 Å². The fraction of sp³-hybridized carbons (Fsp3) is 0.455. The molecule has 0 amide bonds. The summed E-state index contributed by atoms with van der Waals surface area (Å²) in [5, 5.41) is 0. The van der Waals surface area contributed by atoms with Gasteiger partial charge in [-0.1, -0.05) is 19.4 Å². The second-order valence-electron chi connectivity index (χ2n) is 2.94. The molecular formula is C11H15FO. The summed E-state index contributed by atoms with van der Waals surface area (Å²) in [7, 11) is 0. The molecule has 0 aliphatic rings. The van der Waals surface area contributed by atoms with Crippen LogP contribution in [-0.4, -0.2) is 6.61 Å². The smallest absolute Gasteiger partial charge is 0.126 e.